The smallest absolute Gasteiger partial charge is 0.286 e. The van der Waals surface area contributed by atoms with Crippen molar-refractivity contribution in [2.24, 2.45) is 0 Å². The molecule has 0 spiro atoms. The number of thiocarbonyl (C=S) groups is 1. The van der Waals surface area contributed by atoms with E-state index >= 15 is 0 Å². The number of hydrogen-bond acceptors (Lipinski definition) is 7. The number of fused-ring (bicyclic) bond motifs is 1. The number of aromatic hydroxyl groups is 1. The lowest BCUT2D eigenvalue weighted by atomic mass is 10.1. The number of phenolic OH excluding ortho intramolecular Hbond substituents is 1. The third kappa shape index (κ3) is 3.10. The first kappa shape index (κ1) is 19.9. The van der Waals surface area contributed by atoms with E-state index in [1.165, 1.54) is 30.2 Å². The van der Waals surface area contributed by atoms with E-state index in [1.807, 2.05) is 6.07 Å². The van der Waals surface area contributed by atoms with E-state index in [0.717, 1.165) is 16.8 Å². The van der Waals surface area contributed by atoms with Crippen LogP contribution in [-0.4, -0.2) is 46.3 Å². The molecule has 0 bridgehead atoms. The molecule has 1 saturated heterocycles. The Morgan fingerprint density at radius 3 is 2.63 bits per heavy atom. The fourth-order valence-electron chi connectivity index (χ4n) is 3.19. The molecule has 2 heterocycles. The molecule has 0 unspecified atom stereocenters. The van der Waals surface area contributed by atoms with Crippen molar-refractivity contribution in [3.05, 3.63) is 58.5 Å². The summed E-state index contributed by atoms with van der Waals surface area (Å²) in [5, 5.41) is 10.6. The topological polar surface area (TPSA) is 99.2 Å². The molecule has 3 amide bonds. The number of methoxy groups -OCH3 is 1. The standard InChI is InChI=1S/C20H15N3O5S2/c1-22-12-6-4-3-5-11(12)15(18(22)26)16-19(27)23(20(29)30-16)21-17(25)10-7-8-13(24)14(9-10)28-2/h3-9,24H,1-2H3,(H,21,25). The highest BCUT2D eigenvalue weighted by molar-refractivity contribution is 8.26. The van der Waals surface area contributed by atoms with Gasteiger partial charge in [-0.3, -0.25) is 19.8 Å². The predicted molar refractivity (Wildman–Crippen MR) is 116 cm³/mol. The monoisotopic (exact) mass is 441 g/mol. The number of hydrazine groups is 1. The molecule has 10 heteroatoms. The second kappa shape index (κ2) is 7.47. The van der Waals surface area contributed by atoms with Crippen molar-refractivity contribution in [3.63, 3.8) is 0 Å². The molecule has 0 atom stereocenters. The number of amides is 3. The van der Waals surface area contributed by atoms with Crippen LogP contribution >= 0.6 is 24.0 Å². The summed E-state index contributed by atoms with van der Waals surface area (Å²) in [6, 6.07) is 11.2. The molecule has 0 radical (unpaired) electrons. The Morgan fingerprint density at radius 2 is 1.90 bits per heavy atom. The quantitative estimate of drug-likeness (QED) is 0.557. The average molecular weight is 441 g/mol. The maximum Gasteiger partial charge on any atom is 0.286 e. The van der Waals surface area contributed by atoms with Gasteiger partial charge in [-0.05, 0) is 36.5 Å². The lowest BCUT2D eigenvalue weighted by molar-refractivity contribution is -0.124. The molecule has 2 aliphatic rings. The predicted octanol–water partition coefficient (Wildman–Crippen LogP) is 2.29. The fourth-order valence-corrected chi connectivity index (χ4v) is 4.44. The van der Waals surface area contributed by atoms with Crippen LogP contribution in [0.3, 0.4) is 0 Å². The Morgan fingerprint density at radius 1 is 1.17 bits per heavy atom. The number of ether oxygens (including phenoxy) is 1. The third-order valence-electron chi connectivity index (χ3n) is 4.70. The van der Waals surface area contributed by atoms with Crippen molar-refractivity contribution in [2.45, 2.75) is 0 Å². The van der Waals surface area contributed by atoms with Gasteiger partial charge in [-0.2, -0.15) is 5.01 Å². The van der Waals surface area contributed by atoms with Crippen LogP contribution in [0.25, 0.3) is 5.57 Å². The summed E-state index contributed by atoms with van der Waals surface area (Å²) in [7, 11) is 2.99. The third-order valence-corrected chi connectivity index (χ3v) is 6.08. The first-order chi connectivity index (χ1) is 14.3. The van der Waals surface area contributed by atoms with Crippen molar-refractivity contribution in [1.82, 2.24) is 10.4 Å². The Kier molecular flexibility index (Phi) is 4.96. The second-order valence-electron chi connectivity index (χ2n) is 6.42. The van der Waals surface area contributed by atoms with Crippen molar-refractivity contribution in [2.75, 3.05) is 19.1 Å². The largest absolute Gasteiger partial charge is 0.504 e. The number of rotatable bonds is 3. The summed E-state index contributed by atoms with van der Waals surface area (Å²) in [5.41, 5.74) is 4.21. The van der Waals surface area contributed by atoms with Crippen molar-refractivity contribution >= 4 is 57.3 Å². The summed E-state index contributed by atoms with van der Waals surface area (Å²) in [4.78, 5) is 40.0. The lowest BCUT2D eigenvalue weighted by Crippen LogP contribution is -2.45. The van der Waals surface area contributed by atoms with Gasteiger partial charge < -0.3 is 14.7 Å². The maximum atomic E-state index is 13.0. The van der Waals surface area contributed by atoms with E-state index in [-0.39, 0.29) is 37.8 Å². The zero-order valence-electron chi connectivity index (χ0n) is 15.8. The van der Waals surface area contributed by atoms with Crippen LogP contribution in [0.4, 0.5) is 5.69 Å². The Balaban J connectivity index is 1.65. The Bertz CT molecular complexity index is 1160. The number of benzene rings is 2. The Hall–Kier alpha value is -3.37. The normalized spacial score (nSPS) is 18.1. The van der Waals surface area contributed by atoms with E-state index in [9.17, 15) is 19.5 Å². The van der Waals surface area contributed by atoms with E-state index < -0.39 is 11.8 Å². The number of para-hydroxylation sites is 1. The summed E-state index contributed by atoms with van der Waals surface area (Å²) in [6.45, 7) is 0. The zero-order chi connectivity index (χ0) is 21.6. The van der Waals surface area contributed by atoms with Crippen molar-refractivity contribution in [1.29, 1.82) is 0 Å². The molecular formula is C20H15N3O5S2. The number of carbonyl (C=O) groups excluding carboxylic acids is 3. The Labute approximate surface area is 181 Å². The van der Waals surface area contributed by atoms with Crippen molar-refractivity contribution < 1.29 is 24.2 Å². The molecule has 0 aliphatic carbocycles. The van der Waals surface area contributed by atoms with Crippen LogP contribution in [0.1, 0.15) is 15.9 Å². The van der Waals surface area contributed by atoms with Crippen LogP contribution in [-0.2, 0) is 9.59 Å². The second-order valence-corrected chi connectivity index (χ2v) is 8.07. The highest BCUT2D eigenvalue weighted by Gasteiger charge is 2.41. The van der Waals surface area contributed by atoms with E-state index in [2.05, 4.69) is 5.43 Å². The molecule has 0 aromatic heterocycles. The van der Waals surface area contributed by atoms with Gasteiger partial charge in [-0.15, -0.1) is 0 Å². The van der Waals surface area contributed by atoms with Gasteiger partial charge in [0.1, 0.15) is 0 Å². The minimum Gasteiger partial charge on any atom is -0.504 e. The molecule has 2 aromatic rings. The molecule has 152 valence electrons. The van der Waals surface area contributed by atoms with Gasteiger partial charge in [-0.25, -0.2) is 0 Å². The molecule has 2 aromatic carbocycles. The number of hydrogen-bond donors (Lipinski definition) is 2. The summed E-state index contributed by atoms with van der Waals surface area (Å²) in [5.74, 6) is -1.52. The lowest BCUT2D eigenvalue weighted by Gasteiger charge is -2.16. The molecule has 4 rings (SSSR count). The molecular weight excluding hydrogens is 426 g/mol. The molecule has 0 saturated carbocycles. The van der Waals surface area contributed by atoms with Gasteiger partial charge in [0.2, 0.25) is 0 Å². The summed E-state index contributed by atoms with van der Waals surface area (Å²) in [6.07, 6.45) is 0. The van der Waals surface area contributed by atoms with Gasteiger partial charge in [-0.1, -0.05) is 30.0 Å². The first-order valence-electron chi connectivity index (χ1n) is 8.69. The average Bonchev–Trinajstić information content (AvgIpc) is 3.15. The molecule has 30 heavy (non-hydrogen) atoms. The van der Waals surface area contributed by atoms with Gasteiger partial charge in [0.25, 0.3) is 17.7 Å². The zero-order valence-corrected chi connectivity index (χ0v) is 17.5. The van der Waals surface area contributed by atoms with Gasteiger partial charge in [0.05, 0.1) is 23.3 Å². The minimum absolute atomic E-state index is 0.0985. The van der Waals surface area contributed by atoms with Crippen LogP contribution in [0.15, 0.2) is 47.4 Å². The SMILES string of the molecule is COc1cc(C(=O)NN2C(=O)C(=C3C(=O)N(C)c4ccccc43)SC2=S)ccc1O. The maximum absolute atomic E-state index is 13.0. The summed E-state index contributed by atoms with van der Waals surface area (Å²) < 4.78 is 5.10. The van der Waals surface area contributed by atoms with E-state index in [1.54, 1.807) is 25.2 Å². The summed E-state index contributed by atoms with van der Waals surface area (Å²) >= 11 is 6.22. The van der Waals surface area contributed by atoms with Gasteiger partial charge in [0, 0.05) is 18.2 Å². The van der Waals surface area contributed by atoms with Crippen LogP contribution in [0.2, 0.25) is 0 Å². The fraction of sp³-hybridized carbons (Fsp3) is 0.100. The van der Waals surface area contributed by atoms with Crippen molar-refractivity contribution in [3.8, 4) is 11.5 Å². The number of nitrogens with zero attached hydrogens (tertiary/aromatic N) is 2. The molecule has 2 aliphatic heterocycles. The molecule has 8 nitrogen and oxygen atoms in total. The van der Waals surface area contributed by atoms with Gasteiger partial charge in [0.15, 0.2) is 15.8 Å². The molecule has 2 N–H and O–H groups in total. The van der Waals surface area contributed by atoms with E-state index in [0.29, 0.717) is 11.3 Å². The van der Waals surface area contributed by atoms with Gasteiger partial charge >= 0.3 is 0 Å². The number of carbonyl (C=O) groups is 3. The highest BCUT2D eigenvalue weighted by Crippen LogP contribution is 2.43. The number of thioether (sulfide) groups is 1. The number of phenols is 1. The number of likely N-dealkylation sites (N-methyl/N-ethyl adjacent to an activating group) is 1. The number of nitrogens with one attached hydrogen (secondary N) is 1. The van der Waals surface area contributed by atoms with Crippen LogP contribution in [0, 0.1) is 0 Å². The number of anilines is 1. The van der Waals surface area contributed by atoms with Crippen LogP contribution < -0.4 is 15.1 Å². The molecule has 1 fully saturated rings. The van der Waals surface area contributed by atoms with E-state index in [4.69, 9.17) is 17.0 Å². The first-order valence-corrected chi connectivity index (χ1v) is 9.92. The van der Waals surface area contributed by atoms with Crippen LogP contribution in [0.5, 0.6) is 11.5 Å². The highest BCUT2D eigenvalue weighted by atomic mass is 32.2. The minimum atomic E-state index is -0.619.